The van der Waals surface area contributed by atoms with Crippen LogP contribution >= 0.6 is 0 Å². The van der Waals surface area contributed by atoms with Gasteiger partial charge in [-0.15, -0.1) is 0 Å². The fourth-order valence-electron chi connectivity index (χ4n) is 7.34. The highest BCUT2D eigenvalue weighted by Crippen LogP contribution is 2.69. The number of nitrogens with one attached hydrogen (secondary N) is 1. The first-order chi connectivity index (χ1) is 13.6. The van der Waals surface area contributed by atoms with Crippen LogP contribution in [-0.2, 0) is 11.8 Å². The molecule has 4 heteroatoms. The van der Waals surface area contributed by atoms with Gasteiger partial charge in [-0.1, -0.05) is 31.2 Å². The summed E-state index contributed by atoms with van der Waals surface area (Å²) in [7, 11) is 2.28. The molecule has 0 radical (unpaired) electrons. The second kappa shape index (κ2) is 4.74. The summed E-state index contributed by atoms with van der Waals surface area (Å²) in [5, 5.41) is 12.0. The Hall–Kier alpha value is -2.46. The topological polar surface area (TPSA) is 48.5 Å². The molecule has 1 fully saturated rings. The number of likely N-dealkylation sites (tertiary alicyclic amines) is 1. The maximum absolute atomic E-state index is 10.7. The monoisotopic (exact) mass is 372 g/mol. The first-order valence-electron chi connectivity index (χ1n) is 10.4. The maximum atomic E-state index is 10.7. The molecule has 3 heterocycles. The molecule has 1 saturated heterocycles. The molecule has 7 rings (SSSR count). The summed E-state index contributed by atoms with van der Waals surface area (Å²) in [5.74, 6) is 1.98. The average molecular weight is 372 g/mol. The van der Waals surface area contributed by atoms with E-state index in [2.05, 4.69) is 54.2 Å². The number of nitrogens with zero attached hydrogens (tertiary/aromatic N) is 1. The fourth-order valence-corrected chi connectivity index (χ4v) is 7.34. The van der Waals surface area contributed by atoms with Gasteiger partial charge < -0.3 is 19.7 Å². The van der Waals surface area contributed by atoms with Crippen LogP contribution in [0.25, 0.3) is 10.9 Å². The Morgan fingerprint density at radius 1 is 1.21 bits per heavy atom. The molecule has 1 spiro atoms. The molecule has 4 aliphatic rings. The van der Waals surface area contributed by atoms with Crippen LogP contribution in [0.15, 0.2) is 36.4 Å². The number of hydrogen-bond acceptors (Lipinski definition) is 3. The Morgan fingerprint density at radius 2 is 2.07 bits per heavy atom. The summed E-state index contributed by atoms with van der Waals surface area (Å²) in [6.45, 7) is 3.50. The highest BCUT2D eigenvalue weighted by atomic mass is 16.5. The quantitative estimate of drug-likeness (QED) is 0.621. The minimum Gasteiger partial charge on any atom is -0.504 e. The number of aromatic hydroxyl groups is 1. The van der Waals surface area contributed by atoms with Gasteiger partial charge in [0.25, 0.3) is 0 Å². The SMILES string of the molecule is C[C@H]1c2c([nH]c3ccccc23)[C@@H]2Oc3c(O)ccc4c3[C@@]23CCN(C)[C@@H](C4)[C@H]13. The normalized spacial score (nSPS) is 34.8. The predicted molar refractivity (Wildman–Crippen MR) is 108 cm³/mol. The van der Waals surface area contributed by atoms with Crippen molar-refractivity contribution in [3.05, 3.63) is 58.8 Å². The molecule has 2 aromatic carbocycles. The fraction of sp³-hybridized carbons (Fsp3) is 0.417. The number of aromatic nitrogens is 1. The van der Waals surface area contributed by atoms with Gasteiger partial charge in [-0.3, -0.25) is 0 Å². The van der Waals surface area contributed by atoms with Crippen molar-refractivity contribution in [2.45, 2.75) is 43.2 Å². The molecule has 2 N–H and O–H groups in total. The number of aromatic amines is 1. The number of rotatable bonds is 0. The van der Waals surface area contributed by atoms with E-state index in [1.54, 1.807) is 0 Å². The Morgan fingerprint density at radius 3 is 2.96 bits per heavy atom. The zero-order valence-corrected chi connectivity index (χ0v) is 16.2. The van der Waals surface area contributed by atoms with E-state index >= 15 is 0 Å². The molecule has 4 nitrogen and oxygen atoms in total. The molecule has 0 saturated carbocycles. The summed E-state index contributed by atoms with van der Waals surface area (Å²) in [5.41, 5.74) is 6.50. The maximum Gasteiger partial charge on any atom is 0.166 e. The number of hydrogen-bond donors (Lipinski definition) is 2. The Balaban J connectivity index is 1.61. The standard InChI is InChI=1S/C24H24N2O2/c1-12-18-14-5-3-4-6-15(14)25-21(18)23-24-9-10-26(2)16(19(12)24)11-13-7-8-17(27)22(28-23)20(13)24/h3-8,12,16,19,23,25,27H,9-11H2,1-2H3/t12-,16-,19-,23-,24-/m0/s1. The molecular weight excluding hydrogens is 348 g/mol. The molecular formula is C24H24N2O2. The summed E-state index contributed by atoms with van der Waals surface area (Å²) in [4.78, 5) is 6.29. The van der Waals surface area contributed by atoms with E-state index in [0.29, 0.717) is 23.6 Å². The summed E-state index contributed by atoms with van der Waals surface area (Å²) >= 11 is 0. The first-order valence-corrected chi connectivity index (χ1v) is 10.4. The largest absolute Gasteiger partial charge is 0.504 e. The molecule has 2 bridgehead atoms. The summed E-state index contributed by atoms with van der Waals surface area (Å²) in [6.07, 6.45) is 2.09. The lowest BCUT2D eigenvalue weighted by Crippen LogP contribution is -2.62. The van der Waals surface area contributed by atoms with Crippen molar-refractivity contribution in [2.75, 3.05) is 13.6 Å². The van der Waals surface area contributed by atoms with Gasteiger partial charge >= 0.3 is 0 Å². The second-order valence-electron chi connectivity index (χ2n) is 9.30. The zero-order chi connectivity index (χ0) is 18.8. The number of para-hydroxylation sites is 1. The number of likely N-dealkylation sites (N-methyl/N-ethyl adjacent to an activating group) is 1. The predicted octanol–water partition coefficient (Wildman–Crippen LogP) is 4.24. The van der Waals surface area contributed by atoms with E-state index in [0.717, 1.165) is 25.1 Å². The number of benzene rings is 2. The third-order valence-corrected chi connectivity index (χ3v) is 8.31. The van der Waals surface area contributed by atoms with Crippen molar-refractivity contribution >= 4 is 10.9 Å². The number of fused-ring (bicyclic) bond motifs is 4. The molecule has 0 unspecified atom stereocenters. The van der Waals surface area contributed by atoms with Crippen molar-refractivity contribution in [1.82, 2.24) is 9.88 Å². The van der Waals surface area contributed by atoms with Crippen molar-refractivity contribution in [1.29, 1.82) is 0 Å². The van der Waals surface area contributed by atoms with E-state index < -0.39 is 0 Å². The van der Waals surface area contributed by atoms with Gasteiger partial charge in [-0.2, -0.15) is 0 Å². The molecule has 142 valence electrons. The van der Waals surface area contributed by atoms with Gasteiger partial charge in [-0.25, -0.2) is 0 Å². The van der Waals surface area contributed by atoms with Gasteiger partial charge in [0.1, 0.15) is 6.10 Å². The van der Waals surface area contributed by atoms with Crippen LogP contribution in [0.3, 0.4) is 0 Å². The van der Waals surface area contributed by atoms with Crippen LogP contribution in [0.2, 0.25) is 0 Å². The van der Waals surface area contributed by atoms with Crippen LogP contribution in [-0.4, -0.2) is 34.6 Å². The minimum atomic E-state index is -0.0356. The Bertz CT molecular complexity index is 1160. The molecule has 28 heavy (non-hydrogen) atoms. The van der Waals surface area contributed by atoms with E-state index in [-0.39, 0.29) is 11.5 Å². The smallest absolute Gasteiger partial charge is 0.166 e. The van der Waals surface area contributed by atoms with Crippen molar-refractivity contribution in [2.24, 2.45) is 5.92 Å². The molecule has 1 aromatic heterocycles. The van der Waals surface area contributed by atoms with Gasteiger partial charge in [0.05, 0.1) is 5.69 Å². The van der Waals surface area contributed by atoms with Crippen molar-refractivity contribution in [3.63, 3.8) is 0 Å². The number of ether oxygens (including phenoxy) is 1. The lowest BCUT2D eigenvalue weighted by atomic mass is 9.49. The highest BCUT2D eigenvalue weighted by molar-refractivity contribution is 5.86. The van der Waals surface area contributed by atoms with Gasteiger partial charge in [-0.05, 0) is 61.5 Å². The molecule has 0 amide bonds. The molecule has 2 aliphatic carbocycles. The molecule has 3 aromatic rings. The molecule has 5 atom stereocenters. The number of phenols is 1. The number of piperidine rings is 1. The van der Waals surface area contributed by atoms with Crippen LogP contribution < -0.4 is 4.74 Å². The number of H-pyrrole nitrogens is 1. The average Bonchev–Trinajstić information content (AvgIpc) is 3.24. The van der Waals surface area contributed by atoms with Crippen LogP contribution in [0.1, 0.15) is 47.8 Å². The summed E-state index contributed by atoms with van der Waals surface area (Å²) in [6, 6.07) is 13.1. The third kappa shape index (κ3) is 1.49. The third-order valence-electron chi connectivity index (χ3n) is 8.31. The lowest BCUT2D eigenvalue weighted by Gasteiger charge is -2.59. The number of phenolic OH excluding ortho intramolecular Hbond substituents is 1. The van der Waals surface area contributed by atoms with E-state index in [1.165, 1.54) is 33.3 Å². The van der Waals surface area contributed by atoms with Crippen molar-refractivity contribution in [3.8, 4) is 11.5 Å². The lowest BCUT2D eigenvalue weighted by molar-refractivity contribution is -0.0369. The molecule has 2 aliphatic heterocycles. The van der Waals surface area contributed by atoms with E-state index in [9.17, 15) is 5.11 Å². The van der Waals surface area contributed by atoms with Gasteiger partial charge in [0.2, 0.25) is 0 Å². The summed E-state index contributed by atoms with van der Waals surface area (Å²) < 4.78 is 6.65. The van der Waals surface area contributed by atoms with Gasteiger partial charge in [0.15, 0.2) is 11.5 Å². The highest BCUT2D eigenvalue weighted by Gasteiger charge is 2.66. The van der Waals surface area contributed by atoms with E-state index in [4.69, 9.17) is 4.74 Å². The second-order valence-corrected chi connectivity index (χ2v) is 9.30. The van der Waals surface area contributed by atoms with Crippen LogP contribution in [0, 0.1) is 5.92 Å². The van der Waals surface area contributed by atoms with Crippen molar-refractivity contribution < 1.29 is 9.84 Å². The zero-order valence-electron chi connectivity index (χ0n) is 16.2. The van der Waals surface area contributed by atoms with Gasteiger partial charge in [0, 0.05) is 27.9 Å². The van der Waals surface area contributed by atoms with Crippen LogP contribution in [0.5, 0.6) is 11.5 Å². The van der Waals surface area contributed by atoms with E-state index in [1.807, 2.05) is 6.07 Å². The minimum absolute atomic E-state index is 0.0327. The van der Waals surface area contributed by atoms with Crippen LogP contribution in [0.4, 0.5) is 0 Å². The Kier molecular flexibility index (Phi) is 2.62. The Labute approximate surface area is 164 Å². The first kappa shape index (κ1) is 15.5.